The van der Waals surface area contributed by atoms with Crippen LogP contribution in [-0.2, 0) is 0 Å². The van der Waals surface area contributed by atoms with Crippen LogP contribution in [0.15, 0.2) is 48.5 Å². The second kappa shape index (κ2) is 5.19. The minimum atomic E-state index is 0.369. The summed E-state index contributed by atoms with van der Waals surface area (Å²) in [5.41, 5.74) is 7.23. The van der Waals surface area contributed by atoms with Crippen LogP contribution in [0.25, 0.3) is 10.9 Å². The van der Waals surface area contributed by atoms with Gasteiger partial charge in [0.05, 0.1) is 10.5 Å². The van der Waals surface area contributed by atoms with Gasteiger partial charge < -0.3 is 10.5 Å². The molecule has 3 aromatic rings. The summed E-state index contributed by atoms with van der Waals surface area (Å²) in [5, 5.41) is 1.76. The number of halogens is 2. The summed E-state index contributed by atoms with van der Waals surface area (Å²) in [7, 11) is 0. The molecule has 2 N–H and O–H groups in total. The number of hydrogen-bond donors (Lipinski definition) is 1. The van der Waals surface area contributed by atoms with Crippen molar-refractivity contribution >= 4 is 39.8 Å². The Morgan fingerprint density at radius 3 is 2.70 bits per heavy atom. The second-order valence-electron chi connectivity index (χ2n) is 4.26. The number of aromatic nitrogens is 1. The summed E-state index contributed by atoms with van der Waals surface area (Å²) in [6, 6.07) is 14.4. The van der Waals surface area contributed by atoms with Gasteiger partial charge in [0.1, 0.15) is 10.8 Å². The first-order chi connectivity index (χ1) is 9.63. The second-order valence-corrected chi connectivity index (χ2v) is 5.04. The molecular weight excluding hydrogens is 295 g/mol. The highest BCUT2D eigenvalue weighted by Crippen LogP contribution is 2.34. The van der Waals surface area contributed by atoms with Gasteiger partial charge in [0.15, 0.2) is 0 Å². The Morgan fingerprint density at radius 2 is 1.85 bits per heavy atom. The molecule has 0 bridgehead atoms. The van der Waals surface area contributed by atoms with Crippen molar-refractivity contribution in [2.45, 2.75) is 0 Å². The summed E-state index contributed by atoms with van der Waals surface area (Å²) < 4.78 is 5.67. The van der Waals surface area contributed by atoms with Gasteiger partial charge in [0.25, 0.3) is 0 Å². The lowest BCUT2D eigenvalue weighted by atomic mass is 10.2. The van der Waals surface area contributed by atoms with Crippen LogP contribution < -0.4 is 10.5 Å². The van der Waals surface area contributed by atoms with E-state index in [2.05, 4.69) is 4.98 Å². The van der Waals surface area contributed by atoms with Gasteiger partial charge in [-0.3, -0.25) is 0 Å². The van der Waals surface area contributed by atoms with E-state index >= 15 is 0 Å². The molecule has 0 unspecified atom stereocenters. The molecule has 3 rings (SSSR count). The molecule has 0 radical (unpaired) electrons. The predicted molar refractivity (Wildman–Crippen MR) is 82.7 cm³/mol. The van der Waals surface area contributed by atoms with Crippen LogP contribution in [-0.4, -0.2) is 4.98 Å². The van der Waals surface area contributed by atoms with Crippen molar-refractivity contribution in [2.24, 2.45) is 0 Å². The molecule has 0 spiro atoms. The summed E-state index contributed by atoms with van der Waals surface area (Å²) in [6.45, 7) is 0. The Hall–Kier alpha value is -1.97. The molecule has 0 fully saturated rings. The number of fused-ring (bicyclic) bond motifs is 1. The van der Waals surface area contributed by atoms with Gasteiger partial charge in [-0.1, -0.05) is 29.3 Å². The number of ether oxygens (including phenoxy) is 1. The molecule has 3 nitrogen and oxygen atoms in total. The van der Waals surface area contributed by atoms with Crippen molar-refractivity contribution in [1.82, 2.24) is 4.98 Å². The molecule has 0 saturated heterocycles. The van der Waals surface area contributed by atoms with Gasteiger partial charge in [0.2, 0.25) is 5.88 Å². The van der Waals surface area contributed by atoms with E-state index in [0.717, 1.165) is 10.9 Å². The monoisotopic (exact) mass is 304 g/mol. The maximum Gasteiger partial charge on any atom is 0.219 e. The first-order valence-electron chi connectivity index (χ1n) is 5.91. The SMILES string of the molecule is Nc1ccc2nc(Oc3cccc(Cl)c3Cl)ccc2c1. The molecule has 0 saturated carbocycles. The van der Waals surface area contributed by atoms with E-state index in [1.54, 1.807) is 30.3 Å². The predicted octanol–water partition coefficient (Wildman–Crippen LogP) is 4.92. The highest BCUT2D eigenvalue weighted by Gasteiger charge is 2.08. The van der Waals surface area contributed by atoms with Crippen molar-refractivity contribution in [2.75, 3.05) is 5.73 Å². The van der Waals surface area contributed by atoms with Gasteiger partial charge in [-0.2, -0.15) is 0 Å². The molecule has 0 aliphatic heterocycles. The minimum absolute atomic E-state index is 0.369. The largest absolute Gasteiger partial charge is 0.437 e. The molecular formula is C15H10Cl2N2O. The lowest BCUT2D eigenvalue weighted by molar-refractivity contribution is 0.465. The molecule has 1 heterocycles. The molecule has 2 aromatic carbocycles. The fourth-order valence-corrected chi connectivity index (χ4v) is 2.19. The summed E-state index contributed by atoms with van der Waals surface area (Å²) in [6.07, 6.45) is 0. The average molecular weight is 305 g/mol. The average Bonchev–Trinajstić information content (AvgIpc) is 2.44. The van der Waals surface area contributed by atoms with Crippen molar-refractivity contribution < 1.29 is 4.74 Å². The number of nitrogens with zero attached hydrogens (tertiary/aromatic N) is 1. The maximum atomic E-state index is 6.08. The number of hydrogen-bond acceptors (Lipinski definition) is 3. The van der Waals surface area contributed by atoms with Crippen LogP contribution in [0.3, 0.4) is 0 Å². The summed E-state index contributed by atoms with van der Waals surface area (Å²) >= 11 is 12.0. The molecule has 0 amide bonds. The first-order valence-corrected chi connectivity index (χ1v) is 6.67. The zero-order valence-corrected chi connectivity index (χ0v) is 11.8. The fraction of sp³-hybridized carbons (Fsp3) is 0. The zero-order chi connectivity index (χ0) is 14.1. The van der Waals surface area contributed by atoms with Gasteiger partial charge in [-0.25, -0.2) is 4.98 Å². The third-order valence-corrected chi connectivity index (χ3v) is 3.62. The van der Waals surface area contributed by atoms with Gasteiger partial charge in [0, 0.05) is 17.1 Å². The Kier molecular flexibility index (Phi) is 3.38. The first kappa shape index (κ1) is 13.0. The van der Waals surface area contributed by atoms with Gasteiger partial charge in [-0.15, -0.1) is 0 Å². The highest BCUT2D eigenvalue weighted by molar-refractivity contribution is 6.42. The van der Waals surface area contributed by atoms with Crippen LogP contribution >= 0.6 is 23.2 Å². The van der Waals surface area contributed by atoms with Crippen LogP contribution in [0.2, 0.25) is 10.0 Å². The van der Waals surface area contributed by atoms with Crippen LogP contribution in [0, 0.1) is 0 Å². The molecule has 0 aliphatic rings. The Bertz CT molecular complexity index is 790. The van der Waals surface area contributed by atoms with E-state index in [4.69, 9.17) is 33.7 Å². The van der Waals surface area contributed by atoms with E-state index in [-0.39, 0.29) is 0 Å². The third-order valence-electron chi connectivity index (χ3n) is 2.82. The molecule has 0 atom stereocenters. The number of nitrogen functional groups attached to an aromatic ring is 1. The van der Waals surface area contributed by atoms with E-state index in [1.165, 1.54) is 0 Å². The normalized spacial score (nSPS) is 10.7. The van der Waals surface area contributed by atoms with E-state index in [1.807, 2.05) is 18.2 Å². The lowest BCUT2D eigenvalue weighted by Gasteiger charge is -2.08. The maximum absolute atomic E-state index is 6.08. The van der Waals surface area contributed by atoms with Gasteiger partial charge >= 0.3 is 0 Å². The van der Waals surface area contributed by atoms with Gasteiger partial charge in [-0.05, 0) is 36.4 Å². The van der Waals surface area contributed by atoms with Crippen molar-refractivity contribution in [3.05, 3.63) is 58.6 Å². The quantitative estimate of drug-likeness (QED) is 0.684. The molecule has 20 heavy (non-hydrogen) atoms. The number of anilines is 1. The number of rotatable bonds is 2. The Balaban J connectivity index is 1.99. The van der Waals surface area contributed by atoms with Crippen LogP contribution in [0.1, 0.15) is 0 Å². The molecule has 5 heteroatoms. The number of pyridine rings is 1. The lowest BCUT2D eigenvalue weighted by Crippen LogP contribution is -1.90. The minimum Gasteiger partial charge on any atom is -0.437 e. The standard InChI is InChI=1S/C15H10Cl2N2O/c16-11-2-1-3-13(15(11)17)20-14-7-4-9-8-10(18)5-6-12(9)19-14/h1-8H,18H2. The Labute approximate surface area is 125 Å². The fourth-order valence-electron chi connectivity index (χ4n) is 1.86. The highest BCUT2D eigenvalue weighted by atomic mass is 35.5. The topological polar surface area (TPSA) is 48.1 Å². The zero-order valence-electron chi connectivity index (χ0n) is 10.3. The molecule has 1 aromatic heterocycles. The van der Waals surface area contributed by atoms with Crippen LogP contribution in [0.4, 0.5) is 5.69 Å². The summed E-state index contributed by atoms with van der Waals surface area (Å²) in [4.78, 5) is 4.40. The van der Waals surface area contributed by atoms with Crippen molar-refractivity contribution in [3.8, 4) is 11.6 Å². The number of nitrogens with two attached hydrogens (primary N) is 1. The van der Waals surface area contributed by atoms with E-state index in [9.17, 15) is 0 Å². The van der Waals surface area contributed by atoms with Crippen molar-refractivity contribution in [3.63, 3.8) is 0 Å². The van der Waals surface area contributed by atoms with Crippen molar-refractivity contribution in [1.29, 1.82) is 0 Å². The molecule has 0 aliphatic carbocycles. The van der Waals surface area contributed by atoms with Crippen LogP contribution in [0.5, 0.6) is 11.6 Å². The van der Waals surface area contributed by atoms with E-state index in [0.29, 0.717) is 27.4 Å². The Morgan fingerprint density at radius 1 is 1.00 bits per heavy atom. The van der Waals surface area contributed by atoms with E-state index < -0.39 is 0 Å². The number of benzene rings is 2. The third kappa shape index (κ3) is 2.50. The summed E-state index contributed by atoms with van der Waals surface area (Å²) in [5.74, 6) is 0.924. The smallest absolute Gasteiger partial charge is 0.219 e. The molecule has 100 valence electrons.